The Morgan fingerprint density at radius 2 is 1.80 bits per heavy atom. The Labute approximate surface area is 91.1 Å². The fraction of sp³-hybridized carbons (Fsp3) is 0.500. The van der Waals surface area contributed by atoms with E-state index in [0.29, 0.717) is 12.3 Å². The molecule has 0 unspecified atom stereocenters. The summed E-state index contributed by atoms with van der Waals surface area (Å²) in [6.45, 7) is 4.62. The van der Waals surface area contributed by atoms with Gasteiger partial charge in [-0.2, -0.15) is 0 Å². The highest BCUT2D eigenvalue weighted by Gasteiger charge is 2.12. The van der Waals surface area contributed by atoms with Gasteiger partial charge in [0.15, 0.2) is 0 Å². The van der Waals surface area contributed by atoms with Gasteiger partial charge < -0.3 is 16.6 Å². The maximum absolute atomic E-state index is 9.42. The van der Waals surface area contributed by atoms with E-state index >= 15 is 0 Å². The van der Waals surface area contributed by atoms with Crippen molar-refractivity contribution in [1.82, 2.24) is 0 Å². The molecule has 0 amide bonds. The molecule has 1 rings (SSSR count). The van der Waals surface area contributed by atoms with Gasteiger partial charge in [0.2, 0.25) is 0 Å². The SMILES string of the molecule is Cc1cc(O)cc(C)c1[C@H](N)CCCN. The minimum Gasteiger partial charge on any atom is -0.508 e. The summed E-state index contributed by atoms with van der Waals surface area (Å²) in [6, 6.07) is 3.53. The van der Waals surface area contributed by atoms with Crippen molar-refractivity contribution in [3.63, 3.8) is 0 Å². The topological polar surface area (TPSA) is 72.3 Å². The van der Waals surface area contributed by atoms with Gasteiger partial charge in [-0.05, 0) is 62.1 Å². The molecule has 1 atom stereocenters. The molecular weight excluding hydrogens is 188 g/mol. The first kappa shape index (κ1) is 12.0. The standard InChI is InChI=1S/C12H20N2O/c1-8-6-10(15)7-9(2)12(8)11(14)4-3-5-13/h6-7,11,15H,3-5,13-14H2,1-2H3/t11-/m1/s1. The Bertz CT molecular complexity index is 313. The van der Waals surface area contributed by atoms with Gasteiger partial charge in [-0.3, -0.25) is 0 Å². The van der Waals surface area contributed by atoms with E-state index in [1.165, 1.54) is 0 Å². The highest BCUT2D eigenvalue weighted by Crippen LogP contribution is 2.27. The van der Waals surface area contributed by atoms with Crippen molar-refractivity contribution < 1.29 is 5.11 Å². The fourth-order valence-electron chi connectivity index (χ4n) is 2.02. The molecule has 15 heavy (non-hydrogen) atoms. The van der Waals surface area contributed by atoms with E-state index in [4.69, 9.17) is 11.5 Å². The van der Waals surface area contributed by atoms with Crippen LogP contribution in [0, 0.1) is 13.8 Å². The lowest BCUT2D eigenvalue weighted by molar-refractivity contribution is 0.473. The second-order valence-electron chi connectivity index (χ2n) is 4.03. The quantitative estimate of drug-likeness (QED) is 0.705. The van der Waals surface area contributed by atoms with Crippen molar-refractivity contribution in [2.75, 3.05) is 6.54 Å². The van der Waals surface area contributed by atoms with Gasteiger partial charge in [0, 0.05) is 6.04 Å². The Kier molecular flexibility index (Phi) is 4.12. The monoisotopic (exact) mass is 208 g/mol. The molecule has 0 aliphatic rings. The normalized spacial score (nSPS) is 12.8. The lowest BCUT2D eigenvalue weighted by Gasteiger charge is -2.17. The van der Waals surface area contributed by atoms with Crippen LogP contribution in [-0.4, -0.2) is 11.7 Å². The minimum atomic E-state index is 0.0224. The number of aromatic hydroxyl groups is 1. The summed E-state index contributed by atoms with van der Waals surface area (Å²) in [4.78, 5) is 0. The minimum absolute atomic E-state index is 0.0224. The van der Waals surface area contributed by atoms with E-state index < -0.39 is 0 Å². The predicted octanol–water partition coefficient (Wildman–Crippen LogP) is 1.75. The molecule has 5 N–H and O–H groups in total. The summed E-state index contributed by atoms with van der Waals surface area (Å²) in [6.07, 6.45) is 1.82. The van der Waals surface area contributed by atoms with Crippen molar-refractivity contribution in [3.8, 4) is 5.75 Å². The Morgan fingerprint density at radius 3 is 2.27 bits per heavy atom. The van der Waals surface area contributed by atoms with Crippen LogP contribution in [0.1, 0.15) is 35.6 Å². The van der Waals surface area contributed by atoms with Crippen LogP contribution >= 0.6 is 0 Å². The van der Waals surface area contributed by atoms with Crippen LogP contribution in [0.4, 0.5) is 0 Å². The molecule has 0 fully saturated rings. The summed E-state index contributed by atoms with van der Waals surface area (Å²) in [5, 5.41) is 9.42. The first-order valence-electron chi connectivity index (χ1n) is 5.32. The molecule has 0 bridgehead atoms. The summed E-state index contributed by atoms with van der Waals surface area (Å²) in [5.41, 5.74) is 14.8. The number of rotatable bonds is 4. The highest BCUT2D eigenvalue weighted by molar-refractivity contribution is 5.42. The van der Waals surface area contributed by atoms with Crippen molar-refractivity contribution in [3.05, 3.63) is 28.8 Å². The zero-order valence-electron chi connectivity index (χ0n) is 9.46. The maximum atomic E-state index is 9.42. The molecule has 3 nitrogen and oxygen atoms in total. The Hall–Kier alpha value is -1.06. The van der Waals surface area contributed by atoms with Crippen LogP contribution < -0.4 is 11.5 Å². The van der Waals surface area contributed by atoms with Crippen LogP contribution in [-0.2, 0) is 0 Å². The lowest BCUT2D eigenvalue weighted by Crippen LogP contribution is -2.15. The van der Waals surface area contributed by atoms with E-state index in [9.17, 15) is 5.11 Å². The third kappa shape index (κ3) is 2.94. The van der Waals surface area contributed by atoms with Gasteiger partial charge in [0.25, 0.3) is 0 Å². The molecule has 0 saturated carbocycles. The molecule has 3 heteroatoms. The molecule has 84 valence electrons. The largest absolute Gasteiger partial charge is 0.508 e. The number of nitrogens with two attached hydrogens (primary N) is 2. The summed E-state index contributed by atoms with van der Waals surface area (Å²) in [5.74, 6) is 0.305. The van der Waals surface area contributed by atoms with E-state index in [1.807, 2.05) is 13.8 Å². The molecular formula is C12H20N2O. The molecule has 0 heterocycles. The van der Waals surface area contributed by atoms with Crippen molar-refractivity contribution >= 4 is 0 Å². The summed E-state index contributed by atoms with van der Waals surface area (Å²) < 4.78 is 0. The van der Waals surface area contributed by atoms with Crippen molar-refractivity contribution in [1.29, 1.82) is 0 Å². The van der Waals surface area contributed by atoms with E-state index in [2.05, 4.69) is 0 Å². The first-order chi connectivity index (χ1) is 7.06. The number of aryl methyl sites for hydroxylation is 2. The third-order valence-corrected chi connectivity index (χ3v) is 2.67. The number of hydrogen-bond donors (Lipinski definition) is 3. The molecule has 1 aromatic rings. The van der Waals surface area contributed by atoms with Gasteiger partial charge in [0.1, 0.15) is 5.75 Å². The summed E-state index contributed by atoms with van der Waals surface area (Å²) in [7, 11) is 0. The Balaban J connectivity index is 2.92. The van der Waals surface area contributed by atoms with Gasteiger partial charge in [0.05, 0.1) is 0 Å². The first-order valence-corrected chi connectivity index (χ1v) is 5.32. The zero-order valence-corrected chi connectivity index (χ0v) is 9.46. The number of phenols is 1. The average Bonchev–Trinajstić information content (AvgIpc) is 2.12. The van der Waals surface area contributed by atoms with E-state index in [-0.39, 0.29) is 6.04 Å². The smallest absolute Gasteiger partial charge is 0.116 e. The van der Waals surface area contributed by atoms with Crippen LogP contribution in [0.3, 0.4) is 0 Å². The molecule has 0 saturated heterocycles. The van der Waals surface area contributed by atoms with Gasteiger partial charge in [-0.15, -0.1) is 0 Å². The summed E-state index contributed by atoms with van der Waals surface area (Å²) >= 11 is 0. The van der Waals surface area contributed by atoms with Crippen molar-refractivity contribution in [2.45, 2.75) is 32.7 Å². The van der Waals surface area contributed by atoms with Crippen LogP contribution in [0.15, 0.2) is 12.1 Å². The van der Waals surface area contributed by atoms with Crippen LogP contribution in [0.25, 0.3) is 0 Å². The van der Waals surface area contributed by atoms with Crippen molar-refractivity contribution in [2.24, 2.45) is 11.5 Å². The molecule has 0 radical (unpaired) electrons. The number of hydrogen-bond acceptors (Lipinski definition) is 3. The predicted molar refractivity (Wildman–Crippen MR) is 62.8 cm³/mol. The van der Waals surface area contributed by atoms with Crippen LogP contribution in [0.5, 0.6) is 5.75 Å². The third-order valence-electron chi connectivity index (χ3n) is 2.67. The van der Waals surface area contributed by atoms with E-state index in [1.54, 1.807) is 12.1 Å². The Morgan fingerprint density at radius 1 is 1.27 bits per heavy atom. The number of phenolic OH excluding ortho intramolecular Hbond substituents is 1. The second-order valence-corrected chi connectivity index (χ2v) is 4.03. The molecule has 0 aliphatic heterocycles. The molecule has 0 spiro atoms. The molecule has 0 aromatic heterocycles. The second kappa shape index (κ2) is 5.14. The maximum Gasteiger partial charge on any atom is 0.116 e. The van der Waals surface area contributed by atoms with Gasteiger partial charge in [-0.25, -0.2) is 0 Å². The van der Waals surface area contributed by atoms with Gasteiger partial charge >= 0.3 is 0 Å². The highest BCUT2D eigenvalue weighted by atomic mass is 16.3. The molecule has 0 aliphatic carbocycles. The van der Waals surface area contributed by atoms with Crippen LogP contribution in [0.2, 0.25) is 0 Å². The fourth-order valence-corrected chi connectivity index (χ4v) is 2.02. The molecule has 1 aromatic carbocycles. The van der Waals surface area contributed by atoms with Gasteiger partial charge in [-0.1, -0.05) is 0 Å². The average molecular weight is 208 g/mol. The number of benzene rings is 1. The lowest BCUT2D eigenvalue weighted by atomic mass is 9.93. The zero-order chi connectivity index (χ0) is 11.4. The van der Waals surface area contributed by atoms with E-state index in [0.717, 1.165) is 29.5 Å².